The molecule has 0 saturated heterocycles. The number of anilines is 2. The number of aromatic nitrogens is 2. The van der Waals surface area contributed by atoms with Crippen LogP contribution in [-0.4, -0.2) is 22.6 Å². The molecular formula is C14H14N4O. The van der Waals surface area contributed by atoms with Gasteiger partial charge in [-0.15, -0.1) is 10.2 Å². The smallest absolute Gasteiger partial charge is 0.228 e. The summed E-state index contributed by atoms with van der Waals surface area (Å²) in [5, 5.41) is 14.2. The molecule has 0 radical (unpaired) electrons. The van der Waals surface area contributed by atoms with Crippen LogP contribution in [0.25, 0.3) is 11.3 Å². The summed E-state index contributed by atoms with van der Waals surface area (Å²) in [6, 6.07) is 9.68. The summed E-state index contributed by atoms with van der Waals surface area (Å²) in [6.07, 6.45) is 0.437. The van der Waals surface area contributed by atoms with E-state index in [0.29, 0.717) is 6.42 Å². The predicted molar refractivity (Wildman–Crippen MR) is 74.0 cm³/mol. The maximum atomic E-state index is 11.3. The monoisotopic (exact) mass is 254 g/mol. The van der Waals surface area contributed by atoms with Crippen LogP contribution >= 0.6 is 0 Å². The van der Waals surface area contributed by atoms with E-state index in [1.54, 1.807) is 0 Å². The second kappa shape index (κ2) is 4.68. The standard InChI is InChI=1S/C14H14N4O/c1-2-15-13-6-5-12(17-18-13)9-3-4-11-10(7-9)8-14(19)16-11/h3-7H,2,8H2,1H3,(H,15,18)(H,16,19). The van der Waals surface area contributed by atoms with Gasteiger partial charge in [-0.25, -0.2) is 0 Å². The molecule has 1 aromatic heterocycles. The van der Waals surface area contributed by atoms with Crippen molar-refractivity contribution in [2.75, 3.05) is 17.2 Å². The van der Waals surface area contributed by atoms with Crippen molar-refractivity contribution < 1.29 is 4.79 Å². The Balaban J connectivity index is 1.90. The lowest BCUT2D eigenvalue weighted by atomic mass is 10.1. The highest BCUT2D eigenvalue weighted by Crippen LogP contribution is 2.28. The van der Waals surface area contributed by atoms with Gasteiger partial charge in [0.1, 0.15) is 5.82 Å². The van der Waals surface area contributed by atoms with E-state index in [4.69, 9.17) is 0 Å². The van der Waals surface area contributed by atoms with E-state index < -0.39 is 0 Å². The molecule has 0 spiro atoms. The van der Waals surface area contributed by atoms with Gasteiger partial charge in [0.25, 0.3) is 0 Å². The van der Waals surface area contributed by atoms with Crippen LogP contribution in [0.4, 0.5) is 11.5 Å². The lowest BCUT2D eigenvalue weighted by Gasteiger charge is -2.05. The number of amides is 1. The molecule has 0 aliphatic carbocycles. The van der Waals surface area contributed by atoms with Crippen molar-refractivity contribution in [3.8, 4) is 11.3 Å². The summed E-state index contributed by atoms with van der Waals surface area (Å²) in [4.78, 5) is 11.3. The van der Waals surface area contributed by atoms with Crippen LogP contribution in [0, 0.1) is 0 Å². The van der Waals surface area contributed by atoms with Crippen LogP contribution in [0.15, 0.2) is 30.3 Å². The average molecular weight is 254 g/mol. The minimum Gasteiger partial charge on any atom is -0.369 e. The largest absolute Gasteiger partial charge is 0.369 e. The molecule has 1 amide bonds. The van der Waals surface area contributed by atoms with Crippen LogP contribution in [0.5, 0.6) is 0 Å². The van der Waals surface area contributed by atoms with Crippen LogP contribution in [0.1, 0.15) is 12.5 Å². The van der Waals surface area contributed by atoms with Crippen LogP contribution in [-0.2, 0) is 11.2 Å². The van der Waals surface area contributed by atoms with Gasteiger partial charge in [0.15, 0.2) is 0 Å². The van der Waals surface area contributed by atoms with Crippen molar-refractivity contribution in [2.24, 2.45) is 0 Å². The second-order valence-electron chi connectivity index (χ2n) is 4.43. The number of benzene rings is 1. The van der Waals surface area contributed by atoms with E-state index in [9.17, 15) is 4.79 Å². The summed E-state index contributed by atoms with van der Waals surface area (Å²) in [7, 11) is 0. The molecule has 0 unspecified atom stereocenters. The molecule has 1 aromatic carbocycles. The zero-order chi connectivity index (χ0) is 13.2. The number of nitrogens with zero attached hydrogens (tertiary/aromatic N) is 2. The molecule has 1 aliphatic rings. The highest BCUT2D eigenvalue weighted by molar-refractivity contribution is 5.99. The second-order valence-corrected chi connectivity index (χ2v) is 4.43. The number of carbonyl (C=O) groups excluding carboxylic acids is 1. The van der Waals surface area contributed by atoms with Gasteiger partial charge in [0.05, 0.1) is 12.1 Å². The zero-order valence-corrected chi connectivity index (χ0v) is 10.6. The first-order valence-electron chi connectivity index (χ1n) is 6.27. The minimum atomic E-state index is 0.0423. The SMILES string of the molecule is CCNc1ccc(-c2ccc3c(c2)CC(=O)N3)nn1. The molecule has 1 aliphatic heterocycles. The van der Waals surface area contributed by atoms with E-state index >= 15 is 0 Å². The normalized spacial score (nSPS) is 13.0. The first-order valence-corrected chi connectivity index (χ1v) is 6.27. The Labute approximate surface area is 111 Å². The molecule has 0 fully saturated rings. The average Bonchev–Trinajstić information content (AvgIpc) is 2.79. The number of hydrogen-bond donors (Lipinski definition) is 2. The predicted octanol–water partition coefficient (Wildman–Crippen LogP) is 2.07. The molecule has 0 bridgehead atoms. The molecular weight excluding hydrogens is 240 g/mol. The number of hydrogen-bond acceptors (Lipinski definition) is 4. The molecule has 2 N–H and O–H groups in total. The molecule has 2 heterocycles. The first kappa shape index (κ1) is 11.6. The summed E-state index contributed by atoms with van der Waals surface area (Å²) < 4.78 is 0. The lowest BCUT2D eigenvalue weighted by molar-refractivity contribution is -0.115. The third-order valence-corrected chi connectivity index (χ3v) is 3.05. The van der Waals surface area contributed by atoms with Crippen molar-refractivity contribution >= 4 is 17.4 Å². The molecule has 0 atom stereocenters. The van der Waals surface area contributed by atoms with E-state index in [2.05, 4.69) is 20.8 Å². The van der Waals surface area contributed by atoms with Gasteiger partial charge in [-0.3, -0.25) is 4.79 Å². The van der Waals surface area contributed by atoms with Gasteiger partial charge in [-0.2, -0.15) is 0 Å². The van der Waals surface area contributed by atoms with Gasteiger partial charge in [0.2, 0.25) is 5.91 Å². The third kappa shape index (κ3) is 2.27. The van der Waals surface area contributed by atoms with Gasteiger partial charge in [-0.1, -0.05) is 6.07 Å². The molecule has 19 heavy (non-hydrogen) atoms. The van der Waals surface area contributed by atoms with Crippen molar-refractivity contribution in [1.29, 1.82) is 0 Å². The van der Waals surface area contributed by atoms with E-state index in [-0.39, 0.29) is 5.91 Å². The van der Waals surface area contributed by atoms with E-state index in [1.807, 2.05) is 37.3 Å². The Morgan fingerprint density at radius 2 is 2.16 bits per heavy atom. The summed E-state index contributed by atoms with van der Waals surface area (Å²) >= 11 is 0. The zero-order valence-electron chi connectivity index (χ0n) is 10.6. The Morgan fingerprint density at radius 1 is 1.26 bits per heavy atom. The van der Waals surface area contributed by atoms with Gasteiger partial charge in [-0.05, 0) is 36.8 Å². The van der Waals surface area contributed by atoms with Crippen LogP contribution in [0.2, 0.25) is 0 Å². The van der Waals surface area contributed by atoms with Crippen molar-refractivity contribution in [3.05, 3.63) is 35.9 Å². The molecule has 5 nitrogen and oxygen atoms in total. The lowest BCUT2D eigenvalue weighted by Crippen LogP contribution is -2.03. The number of nitrogens with one attached hydrogen (secondary N) is 2. The highest BCUT2D eigenvalue weighted by Gasteiger charge is 2.17. The molecule has 96 valence electrons. The summed E-state index contributed by atoms with van der Waals surface area (Å²) in [6.45, 7) is 2.83. The number of rotatable bonds is 3. The quantitative estimate of drug-likeness (QED) is 0.880. The fourth-order valence-corrected chi connectivity index (χ4v) is 2.15. The number of fused-ring (bicyclic) bond motifs is 1. The summed E-state index contributed by atoms with van der Waals surface area (Å²) in [5.74, 6) is 0.810. The fraction of sp³-hybridized carbons (Fsp3) is 0.214. The fourth-order valence-electron chi connectivity index (χ4n) is 2.15. The molecule has 0 saturated carbocycles. The third-order valence-electron chi connectivity index (χ3n) is 3.05. The Bertz CT molecular complexity index is 622. The van der Waals surface area contributed by atoms with Gasteiger partial charge in [0, 0.05) is 17.8 Å². The maximum absolute atomic E-state index is 11.3. The van der Waals surface area contributed by atoms with Crippen LogP contribution in [0.3, 0.4) is 0 Å². The number of carbonyl (C=O) groups is 1. The molecule has 2 aromatic rings. The maximum Gasteiger partial charge on any atom is 0.228 e. The Hall–Kier alpha value is -2.43. The van der Waals surface area contributed by atoms with E-state index in [0.717, 1.165) is 34.9 Å². The minimum absolute atomic E-state index is 0.0423. The van der Waals surface area contributed by atoms with E-state index in [1.165, 1.54) is 0 Å². The van der Waals surface area contributed by atoms with Gasteiger partial charge < -0.3 is 10.6 Å². The molecule has 5 heteroatoms. The van der Waals surface area contributed by atoms with Crippen molar-refractivity contribution in [3.63, 3.8) is 0 Å². The topological polar surface area (TPSA) is 66.9 Å². The van der Waals surface area contributed by atoms with Crippen molar-refractivity contribution in [1.82, 2.24) is 10.2 Å². The highest BCUT2D eigenvalue weighted by atomic mass is 16.1. The Kier molecular flexibility index (Phi) is 2.87. The van der Waals surface area contributed by atoms with Crippen LogP contribution < -0.4 is 10.6 Å². The van der Waals surface area contributed by atoms with Crippen molar-refractivity contribution in [2.45, 2.75) is 13.3 Å². The first-order chi connectivity index (χ1) is 9.26. The Morgan fingerprint density at radius 3 is 2.89 bits per heavy atom. The molecule has 3 rings (SSSR count). The summed E-state index contributed by atoms with van der Waals surface area (Å²) in [5.41, 5.74) is 3.70. The van der Waals surface area contributed by atoms with Gasteiger partial charge >= 0.3 is 0 Å².